The minimum Gasteiger partial charge on any atom is -0.497 e. The van der Waals surface area contributed by atoms with Crippen LogP contribution in [0.15, 0.2) is 18.3 Å². The van der Waals surface area contributed by atoms with Crippen LogP contribution in [0, 0.1) is 5.92 Å². The second-order valence-corrected chi connectivity index (χ2v) is 3.48. The van der Waals surface area contributed by atoms with E-state index in [1.165, 1.54) is 12.8 Å². The summed E-state index contributed by atoms with van der Waals surface area (Å²) in [5.74, 6) is 1.47. The number of nitrogens with two attached hydrogens (primary N) is 1. The number of ether oxygens (including phenoxy) is 1. The molecule has 0 aliphatic heterocycles. The van der Waals surface area contributed by atoms with Gasteiger partial charge in [0.15, 0.2) is 0 Å². The van der Waals surface area contributed by atoms with E-state index >= 15 is 0 Å². The van der Waals surface area contributed by atoms with E-state index in [0.717, 1.165) is 11.4 Å². The molecule has 0 aromatic carbocycles. The van der Waals surface area contributed by atoms with E-state index in [4.69, 9.17) is 10.5 Å². The van der Waals surface area contributed by atoms with E-state index in [9.17, 15) is 0 Å². The molecule has 0 spiro atoms. The number of pyridine rings is 1. The summed E-state index contributed by atoms with van der Waals surface area (Å²) in [6.07, 6.45) is 4.22. The molecule has 0 amide bonds. The fourth-order valence-corrected chi connectivity index (χ4v) is 1.43. The third-order valence-corrected chi connectivity index (χ3v) is 2.46. The largest absolute Gasteiger partial charge is 0.497 e. The summed E-state index contributed by atoms with van der Waals surface area (Å²) >= 11 is 0. The van der Waals surface area contributed by atoms with E-state index in [0.29, 0.717) is 5.92 Å². The number of methoxy groups -OCH3 is 1. The lowest BCUT2D eigenvalue weighted by Crippen LogP contribution is -2.13. The van der Waals surface area contributed by atoms with Crippen molar-refractivity contribution in [3.63, 3.8) is 0 Å². The fourth-order valence-electron chi connectivity index (χ4n) is 1.43. The summed E-state index contributed by atoms with van der Waals surface area (Å²) in [5.41, 5.74) is 6.95. The van der Waals surface area contributed by atoms with Gasteiger partial charge in [0.25, 0.3) is 0 Å². The van der Waals surface area contributed by atoms with Gasteiger partial charge in [-0.3, -0.25) is 4.98 Å². The highest BCUT2D eigenvalue weighted by atomic mass is 16.5. The van der Waals surface area contributed by atoms with Crippen LogP contribution in [0.25, 0.3) is 0 Å². The first-order valence-corrected chi connectivity index (χ1v) is 4.57. The highest BCUT2D eigenvalue weighted by Gasteiger charge is 2.30. The molecule has 2 N–H and O–H groups in total. The van der Waals surface area contributed by atoms with Crippen LogP contribution >= 0.6 is 0 Å². The predicted octanol–water partition coefficient (Wildman–Crippen LogP) is 1.50. The smallest absolute Gasteiger partial charge is 0.122 e. The molecule has 3 nitrogen and oxygen atoms in total. The molecule has 0 unspecified atom stereocenters. The van der Waals surface area contributed by atoms with Gasteiger partial charge in [-0.2, -0.15) is 0 Å². The average molecular weight is 178 g/mol. The lowest BCUT2D eigenvalue weighted by Gasteiger charge is -2.10. The van der Waals surface area contributed by atoms with E-state index < -0.39 is 0 Å². The number of rotatable bonds is 3. The van der Waals surface area contributed by atoms with Gasteiger partial charge in [0.2, 0.25) is 0 Å². The van der Waals surface area contributed by atoms with Crippen molar-refractivity contribution >= 4 is 0 Å². The highest BCUT2D eigenvalue weighted by Crippen LogP contribution is 2.39. The molecule has 1 aliphatic rings. The third kappa shape index (κ3) is 1.80. The lowest BCUT2D eigenvalue weighted by molar-refractivity contribution is 0.412. The third-order valence-electron chi connectivity index (χ3n) is 2.46. The van der Waals surface area contributed by atoms with Gasteiger partial charge < -0.3 is 10.5 Å². The molecule has 0 saturated heterocycles. The van der Waals surface area contributed by atoms with E-state index in [1.807, 2.05) is 12.1 Å². The van der Waals surface area contributed by atoms with Crippen LogP contribution in [0.4, 0.5) is 0 Å². The minimum atomic E-state index is 0.0927. The van der Waals surface area contributed by atoms with Crippen molar-refractivity contribution in [3.8, 4) is 5.75 Å². The van der Waals surface area contributed by atoms with Crippen molar-refractivity contribution < 1.29 is 4.74 Å². The van der Waals surface area contributed by atoms with Crippen LogP contribution in [-0.4, -0.2) is 12.1 Å². The molecule has 3 heteroatoms. The molecule has 13 heavy (non-hydrogen) atoms. The summed E-state index contributed by atoms with van der Waals surface area (Å²) in [6.45, 7) is 0. The second-order valence-electron chi connectivity index (χ2n) is 3.48. The zero-order chi connectivity index (χ0) is 9.26. The number of hydrogen-bond donors (Lipinski definition) is 1. The zero-order valence-electron chi connectivity index (χ0n) is 7.73. The number of hydrogen-bond acceptors (Lipinski definition) is 3. The van der Waals surface area contributed by atoms with Crippen LogP contribution in [0.5, 0.6) is 5.75 Å². The fraction of sp³-hybridized carbons (Fsp3) is 0.500. The molecule has 1 atom stereocenters. The van der Waals surface area contributed by atoms with Crippen molar-refractivity contribution in [2.24, 2.45) is 11.7 Å². The van der Waals surface area contributed by atoms with Crippen LogP contribution in [0.3, 0.4) is 0 Å². The standard InChI is InChI=1S/C10H14N2O/c1-13-8-4-5-12-9(6-8)10(11)7-2-3-7/h4-7,10H,2-3,11H2,1H3/t10-/m0/s1. The lowest BCUT2D eigenvalue weighted by atomic mass is 10.1. The summed E-state index contributed by atoms with van der Waals surface area (Å²) in [4.78, 5) is 4.24. The monoisotopic (exact) mass is 178 g/mol. The average Bonchev–Trinajstić information content (AvgIpc) is 3.00. The molecular weight excluding hydrogens is 164 g/mol. The van der Waals surface area contributed by atoms with Crippen molar-refractivity contribution in [1.82, 2.24) is 4.98 Å². The summed E-state index contributed by atoms with van der Waals surface area (Å²) in [5, 5.41) is 0. The first-order valence-electron chi connectivity index (χ1n) is 4.57. The minimum absolute atomic E-state index is 0.0927. The molecule has 1 fully saturated rings. The molecule has 0 radical (unpaired) electrons. The van der Waals surface area contributed by atoms with Gasteiger partial charge in [-0.25, -0.2) is 0 Å². The Morgan fingerprint density at radius 1 is 1.62 bits per heavy atom. The maximum atomic E-state index is 6.01. The van der Waals surface area contributed by atoms with E-state index in [1.54, 1.807) is 13.3 Å². The Balaban J connectivity index is 2.18. The van der Waals surface area contributed by atoms with Crippen LogP contribution in [0.1, 0.15) is 24.6 Å². The maximum Gasteiger partial charge on any atom is 0.122 e. The molecule has 1 aromatic heterocycles. The molecule has 1 aromatic rings. The Kier molecular flexibility index (Phi) is 2.19. The zero-order valence-corrected chi connectivity index (χ0v) is 7.73. The van der Waals surface area contributed by atoms with Gasteiger partial charge in [-0.05, 0) is 24.8 Å². The Hall–Kier alpha value is -1.09. The number of aromatic nitrogens is 1. The first-order chi connectivity index (χ1) is 6.31. The van der Waals surface area contributed by atoms with Crippen molar-refractivity contribution in [1.29, 1.82) is 0 Å². The van der Waals surface area contributed by atoms with E-state index in [-0.39, 0.29) is 6.04 Å². The van der Waals surface area contributed by atoms with Crippen LogP contribution < -0.4 is 10.5 Å². The first kappa shape index (κ1) is 8.51. The van der Waals surface area contributed by atoms with Gasteiger partial charge in [0.1, 0.15) is 5.75 Å². The molecule has 1 aliphatic carbocycles. The van der Waals surface area contributed by atoms with Gasteiger partial charge in [-0.1, -0.05) is 0 Å². The Labute approximate surface area is 77.9 Å². The summed E-state index contributed by atoms with van der Waals surface area (Å²) < 4.78 is 5.11. The summed E-state index contributed by atoms with van der Waals surface area (Å²) in [7, 11) is 1.65. The Morgan fingerprint density at radius 2 is 2.38 bits per heavy atom. The van der Waals surface area contributed by atoms with Gasteiger partial charge >= 0.3 is 0 Å². The van der Waals surface area contributed by atoms with Crippen molar-refractivity contribution in [2.75, 3.05) is 7.11 Å². The quantitative estimate of drug-likeness (QED) is 0.763. The van der Waals surface area contributed by atoms with Crippen molar-refractivity contribution in [3.05, 3.63) is 24.0 Å². The number of nitrogens with zero attached hydrogens (tertiary/aromatic N) is 1. The van der Waals surface area contributed by atoms with Gasteiger partial charge in [0, 0.05) is 18.3 Å². The van der Waals surface area contributed by atoms with Crippen LogP contribution in [-0.2, 0) is 0 Å². The van der Waals surface area contributed by atoms with Gasteiger partial charge in [-0.15, -0.1) is 0 Å². The molecule has 70 valence electrons. The molecule has 1 heterocycles. The molecule has 0 bridgehead atoms. The predicted molar refractivity (Wildman–Crippen MR) is 50.4 cm³/mol. The highest BCUT2D eigenvalue weighted by molar-refractivity contribution is 5.25. The van der Waals surface area contributed by atoms with E-state index in [2.05, 4.69) is 4.98 Å². The van der Waals surface area contributed by atoms with Crippen LogP contribution in [0.2, 0.25) is 0 Å². The molecular formula is C10H14N2O. The second kappa shape index (κ2) is 3.34. The molecule has 1 saturated carbocycles. The maximum absolute atomic E-state index is 6.01. The van der Waals surface area contributed by atoms with Gasteiger partial charge in [0.05, 0.1) is 12.8 Å². The SMILES string of the molecule is COc1ccnc([C@@H](N)C2CC2)c1. The normalized spacial score (nSPS) is 18.3. The Bertz CT molecular complexity index is 297. The Morgan fingerprint density at radius 3 is 3.00 bits per heavy atom. The molecule has 2 rings (SSSR count). The van der Waals surface area contributed by atoms with Crippen molar-refractivity contribution in [2.45, 2.75) is 18.9 Å². The summed E-state index contributed by atoms with van der Waals surface area (Å²) in [6, 6.07) is 3.85. The topological polar surface area (TPSA) is 48.1 Å².